The Labute approximate surface area is 204 Å². The van der Waals surface area contributed by atoms with Crippen molar-refractivity contribution in [1.29, 1.82) is 0 Å². The maximum absolute atomic E-state index is 13.3. The van der Waals surface area contributed by atoms with E-state index in [9.17, 15) is 9.59 Å². The molecule has 0 aliphatic rings. The number of hydrogen-bond donors (Lipinski definition) is 1. The summed E-state index contributed by atoms with van der Waals surface area (Å²) >= 11 is 12.4. The molecule has 3 aromatic rings. The van der Waals surface area contributed by atoms with Gasteiger partial charge >= 0.3 is 6.03 Å². The Hall–Kier alpha value is -2.96. The number of urea groups is 1. The van der Waals surface area contributed by atoms with Gasteiger partial charge in [0.15, 0.2) is 0 Å². The lowest BCUT2D eigenvalue weighted by Crippen LogP contribution is -2.44. The first-order valence-corrected chi connectivity index (χ1v) is 11.5. The van der Waals surface area contributed by atoms with Crippen molar-refractivity contribution in [3.8, 4) is 0 Å². The highest BCUT2D eigenvalue weighted by Crippen LogP contribution is 2.30. The smallest absolute Gasteiger partial charge is 0.322 e. The van der Waals surface area contributed by atoms with Gasteiger partial charge in [0.2, 0.25) is 5.91 Å². The maximum atomic E-state index is 13.3. The van der Waals surface area contributed by atoms with Crippen molar-refractivity contribution >= 4 is 40.8 Å². The molecule has 0 fully saturated rings. The fraction of sp³-hybridized carbons (Fsp3) is 0.280. The molecular weight excluding hydrogens is 461 g/mol. The Bertz CT molecular complexity index is 1070. The normalized spacial score (nSPS) is 10.7. The van der Waals surface area contributed by atoms with E-state index in [1.807, 2.05) is 56.3 Å². The Balaban J connectivity index is 1.76. The molecule has 1 N–H and O–H groups in total. The Kier molecular flexibility index (Phi) is 8.80. The minimum Gasteiger partial charge on any atom is -0.464 e. The number of halogens is 2. The molecule has 0 saturated heterocycles. The molecule has 0 atom stereocenters. The third-order valence-corrected chi connectivity index (χ3v) is 5.64. The summed E-state index contributed by atoms with van der Waals surface area (Å²) in [6.45, 7) is 4.82. The Morgan fingerprint density at radius 2 is 1.61 bits per heavy atom. The summed E-state index contributed by atoms with van der Waals surface area (Å²) in [5.41, 5.74) is 1.31. The molecule has 0 radical (unpaired) electrons. The molecule has 3 amide bonds. The van der Waals surface area contributed by atoms with Crippen LogP contribution in [-0.4, -0.2) is 34.8 Å². The van der Waals surface area contributed by atoms with Gasteiger partial charge in [-0.15, -0.1) is 0 Å². The minimum absolute atomic E-state index is 0.0890. The number of furan rings is 1. The van der Waals surface area contributed by atoms with E-state index in [-0.39, 0.29) is 12.5 Å². The Morgan fingerprint density at radius 3 is 2.21 bits per heavy atom. The summed E-state index contributed by atoms with van der Waals surface area (Å²) in [6.07, 6.45) is 0.688. The third kappa shape index (κ3) is 7.01. The number of nitrogens with one attached hydrogen (secondary N) is 1. The van der Waals surface area contributed by atoms with Crippen molar-refractivity contribution in [2.45, 2.75) is 33.4 Å². The summed E-state index contributed by atoms with van der Waals surface area (Å²) in [6, 6.07) is 18.0. The lowest BCUT2D eigenvalue weighted by molar-refractivity contribution is -0.133. The second kappa shape index (κ2) is 11.8. The van der Waals surface area contributed by atoms with Crippen LogP contribution in [0.2, 0.25) is 10.0 Å². The number of rotatable bonds is 9. The van der Waals surface area contributed by atoms with Gasteiger partial charge in [0.25, 0.3) is 0 Å². The zero-order valence-corrected chi connectivity index (χ0v) is 20.2. The summed E-state index contributed by atoms with van der Waals surface area (Å²) in [5, 5.41) is 3.41. The second-order valence-corrected chi connectivity index (χ2v) is 8.51. The van der Waals surface area contributed by atoms with E-state index in [1.54, 1.807) is 23.1 Å². The summed E-state index contributed by atoms with van der Waals surface area (Å²) in [4.78, 5) is 29.5. The molecule has 6 nitrogen and oxygen atoms in total. The number of carbonyl (C=O) groups excluding carboxylic acids is 2. The molecule has 0 aliphatic carbocycles. The molecular formula is C25H27Cl2N3O3. The summed E-state index contributed by atoms with van der Waals surface area (Å²) < 4.78 is 5.69. The van der Waals surface area contributed by atoms with Crippen LogP contribution in [0.1, 0.15) is 30.4 Å². The maximum Gasteiger partial charge on any atom is 0.322 e. The zero-order valence-electron chi connectivity index (χ0n) is 18.7. The number of nitrogens with zero attached hydrogens (tertiary/aromatic N) is 2. The van der Waals surface area contributed by atoms with Crippen LogP contribution in [-0.2, 0) is 17.9 Å². The van der Waals surface area contributed by atoms with E-state index >= 15 is 0 Å². The summed E-state index contributed by atoms with van der Waals surface area (Å²) in [7, 11) is 0. The van der Waals surface area contributed by atoms with Gasteiger partial charge in [-0.2, -0.15) is 0 Å². The van der Waals surface area contributed by atoms with Gasteiger partial charge in [-0.1, -0.05) is 66.5 Å². The number of carbonyl (C=O) groups is 2. The van der Waals surface area contributed by atoms with Crippen LogP contribution in [0.4, 0.5) is 10.5 Å². The number of para-hydroxylation sites is 1. The first-order valence-electron chi connectivity index (χ1n) is 10.7. The topological polar surface area (TPSA) is 65.8 Å². The summed E-state index contributed by atoms with van der Waals surface area (Å²) in [5.74, 6) is 1.27. The molecule has 0 spiro atoms. The molecule has 0 saturated carbocycles. The SMILES string of the molecule is CCCN(CC(=O)N(Cc1ccccc1)Cc1ccc(C)o1)C(=O)Nc1c(Cl)cccc1Cl. The molecule has 0 bridgehead atoms. The standard InChI is InChI=1S/C25H27Cl2N3O3/c1-3-14-29(25(32)28-24-21(26)10-7-11-22(24)27)17-23(31)30(15-19-8-5-4-6-9-19)16-20-13-12-18(2)33-20/h4-13H,3,14-17H2,1-2H3,(H,28,32). The van der Waals surface area contributed by atoms with Crippen molar-refractivity contribution < 1.29 is 14.0 Å². The number of hydrogen-bond acceptors (Lipinski definition) is 3. The van der Waals surface area contributed by atoms with E-state index in [0.717, 1.165) is 11.3 Å². The van der Waals surface area contributed by atoms with Gasteiger partial charge in [0.1, 0.15) is 18.1 Å². The van der Waals surface area contributed by atoms with Gasteiger partial charge in [-0.05, 0) is 43.2 Å². The highest BCUT2D eigenvalue weighted by atomic mass is 35.5. The quantitative estimate of drug-likeness (QED) is 0.381. The first-order chi connectivity index (χ1) is 15.9. The molecule has 1 aromatic heterocycles. The van der Waals surface area contributed by atoms with E-state index in [1.165, 1.54) is 4.90 Å². The van der Waals surface area contributed by atoms with Crippen molar-refractivity contribution in [2.24, 2.45) is 0 Å². The highest BCUT2D eigenvalue weighted by molar-refractivity contribution is 6.39. The van der Waals surface area contributed by atoms with Crippen LogP contribution in [0.3, 0.4) is 0 Å². The molecule has 0 unspecified atom stereocenters. The van der Waals surface area contributed by atoms with Gasteiger partial charge in [0, 0.05) is 13.1 Å². The highest BCUT2D eigenvalue weighted by Gasteiger charge is 2.23. The van der Waals surface area contributed by atoms with Crippen LogP contribution in [0, 0.1) is 6.92 Å². The number of benzene rings is 2. The van der Waals surface area contributed by atoms with Crippen LogP contribution in [0.15, 0.2) is 65.1 Å². The molecule has 8 heteroatoms. The number of anilines is 1. The first kappa shape index (κ1) is 24.7. The van der Waals surface area contributed by atoms with Gasteiger partial charge in [-0.3, -0.25) is 4.79 Å². The van der Waals surface area contributed by atoms with E-state index < -0.39 is 6.03 Å². The molecule has 2 aromatic carbocycles. The minimum atomic E-state index is -0.436. The fourth-order valence-corrected chi connectivity index (χ4v) is 3.88. The lowest BCUT2D eigenvalue weighted by atomic mass is 10.2. The van der Waals surface area contributed by atoms with E-state index in [0.29, 0.717) is 47.5 Å². The van der Waals surface area contributed by atoms with Crippen LogP contribution < -0.4 is 5.32 Å². The van der Waals surface area contributed by atoms with Crippen LogP contribution in [0.25, 0.3) is 0 Å². The van der Waals surface area contributed by atoms with Crippen molar-refractivity contribution in [1.82, 2.24) is 9.80 Å². The molecule has 1 heterocycles. The van der Waals surface area contributed by atoms with E-state index in [4.69, 9.17) is 27.6 Å². The fourth-order valence-electron chi connectivity index (χ4n) is 3.38. The molecule has 174 valence electrons. The predicted molar refractivity (Wildman–Crippen MR) is 131 cm³/mol. The van der Waals surface area contributed by atoms with Crippen molar-refractivity contribution in [3.05, 3.63) is 87.8 Å². The molecule has 33 heavy (non-hydrogen) atoms. The third-order valence-electron chi connectivity index (χ3n) is 5.01. The van der Waals surface area contributed by atoms with Crippen molar-refractivity contribution in [3.63, 3.8) is 0 Å². The van der Waals surface area contributed by atoms with E-state index in [2.05, 4.69) is 5.32 Å². The van der Waals surface area contributed by atoms with Crippen molar-refractivity contribution in [2.75, 3.05) is 18.4 Å². The van der Waals surface area contributed by atoms with Gasteiger partial charge < -0.3 is 19.5 Å². The van der Waals surface area contributed by atoms with Gasteiger partial charge in [-0.25, -0.2) is 4.79 Å². The second-order valence-electron chi connectivity index (χ2n) is 7.70. The number of aryl methyl sites for hydroxylation is 1. The zero-order chi connectivity index (χ0) is 23.8. The lowest BCUT2D eigenvalue weighted by Gasteiger charge is -2.27. The monoisotopic (exact) mass is 487 g/mol. The van der Waals surface area contributed by atoms with Gasteiger partial charge in [0.05, 0.1) is 22.3 Å². The van der Waals surface area contributed by atoms with Crippen LogP contribution in [0.5, 0.6) is 0 Å². The largest absolute Gasteiger partial charge is 0.464 e. The average Bonchev–Trinajstić information content (AvgIpc) is 3.20. The predicted octanol–water partition coefficient (Wildman–Crippen LogP) is 6.37. The molecule has 3 rings (SSSR count). The number of amides is 3. The molecule has 0 aliphatic heterocycles. The van der Waals surface area contributed by atoms with Crippen LogP contribution >= 0.6 is 23.2 Å². The average molecular weight is 488 g/mol. The Morgan fingerprint density at radius 1 is 0.909 bits per heavy atom.